The maximum absolute atomic E-state index is 12.4. The van der Waals surface area contributed by atoms with E-state index in [9.17, 15) is 4.79 Å². The number of hydrogen-bond donors (Lipinski definition) is 0. The molecule has 3 rings (SSSR count). The van der Waals surface area contributed by atoms with Gasteiger partial charge in [0.25, 0.3) is 0 Å². The van der Waals surface area contributed by atoms with E-state index in [0.29, 0.717) is 28.5 Å². The van der Waals surface area contributed by atoms with E-state index in [4.69, 9.17) is 23.2 Å². The monoisotopic (exact) mass is 326 g/mol. The highest BCUT2D eigenvalue weighted by Gasteiger charge is 2.21. The van der Waals surface area contributed by atoms with Crippen molar-refractivity contribution in [2.75, 3.05) is 19.0 Å². The quantitative estimate of drug-likeness (QED) is 0.811. The zero-order valence-corrected chi connectivity index (χ0v) is 13.1. The van der Waals surface area contributed by atoms with E-state index >= 15 is 0 Å². The standard InChI is InChI=1S/C14H16Cl2N4O/c15-4-3-12-18-11-7-10(16)8-17-14(11)20(12)9-13(21)19-5-1-2-6-19/h7-8H,1-6,9H2. The smallest absolute Gasteiger partial charge is 0.242 e. The summed E-state index contributed by atoms with van der Waals surface area (Å²) in [6, 6.07) is 1.76. The summed E-state index contributed by atoms with van der Waals surface area (Å²) in [5, 5.41) is 0.537. The number of imidazole rings is 1. The molecule has 1 amide bonds. The minimum atomic E-state index is 0.111. The van der Waals surface area contributed by atoms with Gasteiger partial charge in [0.1, 0.15) is 17.9 Å². The molecule has 0 bridgehead atoms. The number of nitrogens with zero attached hydrogens (tertiary/aromatic N) is 4. The molecule has 0 spiro atoms. The van der Waals surface area contributed by atoms with Gasteiger partial charge in [0, 0.05) is 31.6 Å². The average molecular weight is 327 g/mol. The molecule has 0 N–H and O–H groups in total. The van der Waals surface area contributed by atoms with Crippen LogP contribution in [0, 0.1) is 0 Å². The average Bonchev–Trinajstić information content (AvgIpc) is 3.08. The number of aromatic nitrogens is 3. The van der Waals surface area contributed by atoms with Gasteiger partial charge >= 0.3 is 0 Å². The highest BCUT2D eigenvalue weighted by molar-refractivity contribution is 6.31. The van der Waals surface area contributed by atoms with E-state index in [-0.39, 0.29) is 12.5 Å². The second kappa shape index (κ2) is 6.20. The molecule has 0 atom stereocenters. The fraction of sp³-hybridized carbons (Fsp3) is 0.500. The van der Waals surface area contributed by atoms with E-state index in [1.54, 1.807) is 12.3 Å². The molecule has 0 unspecified atom stereocenters. The molecule has 2 aromatic rings. The molecular formula is C14H16Cl2N4O. The van der Waals surface area contributed by atoms with Gasteiger partial charge in [-0.15, -0.1) is 11.6 Å². The number of fused-ring (bicyclic) bond motifs is 1. The van der Waals surface area contributed by atoms with Gasteiger partial charge in [-0.2, -0.15) is 0 Å². The Labute approximate surface area is 132 Å². The van der Waals surface area contributed by atoms with Crippen molar-refractivity contribution in [3.8, 4) is 0 Å². The number of halogens is 2. The van der Waals surface area contributed by atoms with Crippen LogP contribution in [-0.4, -0.2) is 44.3 Å². The summed E-state index contributed by atoms with van der Waals surface area (Å²) in [6.45, 7) is 1.95. The lowest BCUT2D eigenvalue weighted by atomic mass is 10.4. The number of alkyl halides is 1. The summed E-state index contributed by atoms with van der Waals surface area (Å²) in [5.74, 6) is 1.34. The minimum Gasteiger partial charge on any atom is -0.341 e. The number of carbonyl (C=O) groups is 1. The topological polar surface area (TPSA) is 51.0 Å². The van der Waals surface area contributed by atoms with Crippen LogP contribution in [0.3, 0.4) is 0 Å². The third-order valence-corrected chi connectivity index (χ3v) is 4.10. The first kappa shape index (κ1) is 14.6. The molecule has 0 aromatic carbocycles. The van der Waals surface area contributed by atoms with Crippen LogP contribution in [0.4, 0.5) is 0 Å². The summed E-state index contributed by atoms with van der Waals surface area (Å²) in [6.07, 6.45) is 4.34. The van der Waals surface area contributed by atoms with Gasteiger partial charge in [-0.25, -0.2) is 9.97 Å². The number of pyridine rings is 1. The molecule has 0 radical (unpaired) electrons. The van der Waals surface area contributed by atoms with Gasteiger partial charge in [0.05, 0.1) is 5.02 Å². The van der Waals surface area contributed by atoms with Crippen LogP contribution in [0.2, 0.25) is 5.02 Å². The van der Waals surface area contributed by atoms with Crippen molar-refractivity contribution in [3.05, 3.63) is 23.1 Å². The first-order valence-corrected chi connectivity index (χ1v) is 7.94. The lowest BCUT2D eigenvalue weighted by molar-refractivity contribution is -0.130. The van der Waals surface area contributed by atoms with Gasteiger partial charge in [-0.05, 0) is 18.9 Å². The molecular weight excluding hydrogens is 311 g/mol. The zero-order valence-electron chi connectivity index (χ0n) is 11.6. The Bertz CT molecular complexity index is 664. The van der Waals surface area contributed by atoms with Crippen LogP contribution >= 0.6 is 23.2 Å². The van der Waals surface area contributed by atoms with E-state index in [1.807, 2.05) is 9.47 Å². The Kier molecular flexibility index (Phi) is 4.31. The lowest BCUT2D eigenvalue weighted by Gasteiger charge is -2.16. The van der Waals surface area contributed by atoms with E-state index in [0.717, 1.165) is 31.8 Å². The van der Waals surface area contributed by atoms with Gasteiger partial charge < -0.3 is 9.47 Å². The summed E-state index contributed by atoms with van der Waals surface area (Å²) < 4.78 is 1.86. The Morgan fingerprint density at radius 1 is 1.33 bits per heavy atom. The van der Waals surface area contributed by atoms with Gasteiger partial charge in [-0.3, -0.25) is 4.79 Å². The van der Waals surface area contributed by atoms with Crippen LogP contribution in [0.25, 0.3) is 11.2 Å². The second-order valence-electron chi connectivity index (χ2n) is 5.14. The molecule has 1 fully saturated rings. The number of hydrogen-bond acceptors (Lipinski definition) is 3. The number of rotatable bonds is 4. The first-order valence-electron chi connectivity index (χ1n) is 7.03. The van der Waals surface area contributed by atoms with Gasteiger partial charge in [-0.1, -0.05) is 11.6 Å². The van der Waals surface area contributed by atoms with Crippen LogP contribution in [-0.2, 0) is 17.8 Å². The number of likely N-dealkylation sites (tertiary alicyclic amines) is 1. The molecule has 1 aliphatic rings. The Hall–Kier alpha value is -1.33. The van der Waals surface area contributed by atoms with Crippen molar-refractivity contribution >= 4 is 40.3 Å². The molecule has 1 saturated heterocycles. The summed E-state index contributed by atoms with van der Waals surface area (Å²) in [7, 11) is 0. The van der Waals surface area contributed by atoms with Crippen LogP contribution < -0.4 is 0 Å². The lowest BCUT2D eigenvalue weighted by Crippen LogP contribution is -2.31. The normalized spacial score (nSPS) is 15.0. The van der Waals surface area contributed by atoms with Crippen molar-refractivity contribution in [2.45, 2.75) is 25.8 Å². The fourth-order valence-electron chi connectivity index (χ4n) is 2.68. The van der Waals surface area contributed by atoms with E-state index in [1.165, 1.54) is 0 Å². The number of carbonyl (C=O) groups excluding carboxylic acids is 1. The van der Waals surface area contributed by atoms with E-state index < -0.39 is 0 Å². The Balaban J connectivity index is 1.94. The molecule has 21 heavy (non-hydrogen) atoms. The van der Waals surface area contributed by atoms with Crippen molar-refractivity contribution < 1.29 is 4.79 Å². The van der Waals surface area contributed by atoms with Gasteiger partial charge in [0.2, 0.25) is 5.91 Å². The van der Waals surface area contributed by atoms with Crippen molar-refractivity contribution in [3.63, 3.8) is 0 Å². The molecule has 5 nitrogen and oxygen atoms in total. The molecule has 1 aliphatic heterocycles. The van der Waals surface area contributed by atoms with Gasteiger partial charge in [0.15, 0.2) is 5.65 Å². The van der Waals surface area contributed by atoms with Crippen molar-refractivity contribution in [2.24, 2.45) is 0 Å². The van der Waals surface area contributed by atoms with Crippen molar-refractivity contribution in [1.82, 2.24) is 19.4 Å². The maximum Gasteiger partial charge on any atom is 0.242 e. The van der Waals surface area contributed by atoms with Crippen LogP contribution in [0.1, 0.15) is 18.7 Å². The second-order valence-corrected chi connectivity index (χ2v) is 5.95. The highest BCUT2D eigenvalue weighted by atomic mass is 35.5. The zero-order chi connectivity index (χ0) is 14.8. The predicted molar refractivity (Wildman–Crippen MR) is 82.8 cm³/mol. The number of amides is 1. The third-order valence-electron chi connectivity index (χ3n) is 3.70. The van der Waals surface area contributed by atoms with E-state index in [2.05, 4.69) is 9.97 Å². The minimum absolute atomic E-state index is 0.111. The molecule has 112 valence electrons. The fourth-order valence-corrected chi connectivity index (χ4v) is 3.00. The molecule has 3 heterocycles. The molecule has 7 heteroatoms. The van der Waals surface area contributed by atoms with Crippen LogP contribution in [0.15, 0.2) is 12.3 Å². The predicted octanol–water partition coefficient (Wildman–Crippen LogP) is 2.49. The largest absolute Gasteiger partial charge is 0.341 e. The first-order chi connectivity index (χ1) is 10.2. The summed E-state index contributed by atoms with van der Waals surface area (Å²) in [4.78, 5) is 23.1. The molecule has 0 saturated carbocycles. The van der Waals surface area contributed by atoms with Crippen molar-refractivity contribution in [1.29, 1.82) is 0 Å². The summed E-state index contributed by atoms with van der Waals surface area (Å²) >= 11 is 11.8. The highest BCUT2D eigenvalue weighted by Crippen LogP contribution is 2.19. The maximum atomic E-state index is 12.4. The SMILES string of the molecule is O=C(Cn1c(CCCl)nc2cc(Cl)cnc21)N1CCCC1. The molecule has 2 aromatic heterocycles. The third kappa shape index (κ3) is 2.99. The Morgan fingerprint density at radius 2 is 2.10 bits per heavy atom. The van der Waals surface area contributed by atoms with Crippen LogP contribution in [0.5, 0.6) is 0 Å². The summed E-state index contributed by atoms with van der Waals surface area (Å²) in [5.41, 5.74) is 1.39. The Morgan fingerprint density at radius 3 is 2.81 bits per heavy atom. The number of aryl methyl sites for hydroxylation is 1. The molecule has 0 aliphatic carbocycles.